The zero-order chi connectivity index (χ0) is 50.5. The standard InChI is InChI=1S/C53H61FN4O13/c1-5-27-68-53-48(57(52(62)67-6-2)32-34-13-17-37(54)18-14-34)31-45(56-69-33-35-15-19-38(20-16-35)58(63)64)42-28-36(11-7-9-25-59)41(12-8-10-26-60)49(50(42)53)43-29-40(22-24-46(43)71-53)70-51(61)55-44-23-21-39(65-3)30-47(44)66-4/h5,13-24,28-30,36,41,48-50,59-60H,1,6-12,25-27,31-33H2,2-4H3,(H,55,61)/t36-,41+,48-,49+,50+,53+/m0/s1. The van der Waals surface area contributed by atoms with Crippen LogP contribution in [0, 0.1) is 33.7 Å². The van der Waals surface area contributed by atoms with Crippen LogP contribution in [0.5, 0.6) is 23.0 Å². The van der Waals surface area contributed by atoms with Crippen molar-refractivity contribution < 1.29 is 62.4 Å². The number of fused-ring (bicyclic) bond motifs is 2. The van der Waals surface area contributed by atoms with Gasteiger partial charge >= 0.3 is 12.2 Å². The number of nitrogens with one attached hydrogen (secondary N) is 1. The van der Waals surface area contributed by atoms with Crippen molar-refractivity contribution >= 4 is 29.3 Å². The molecule has 1 fully saturated rings. The quantitative estimate of drug-likeness (QED) is 0.0274. The van der Waals surface area contributed by atoms with E-state index in [9.17, 15) is 34.3 Å². The summed E-state index contributed by atoms with van der Waals surface area (Å²) in [5.74, 6) is -2.11. The topological polar surface area (TPSA) is 210 Å². The molecule has 7 rings (SSSR count). The van der Waals surface area contributed by atoms with Crippen LogP contribution in [-0.2, 0) is 27.5 Å². The van der Waals surface area contributed by atoms with E-state index in [0.29, 0.717) is 83.9 Å². The van der Waals surface area contributed by atoms with Gasteiger partial charge < -0.3 is 43.5 Å². The van der Waals surface area contributed by atoms with Crippen molar-refractivity contribution in [3.8, 4) is 23.0 Å². The number of unbranched alkanes of at least 4 members (excludes halogenated alkanes) is 2. The lowest BCUT2D eigenvalue weighted by atomic mass is 9.55. The molecule has 1 saturated carbocycles. The number of allylic oxidation sites excluding steroid dienone is 1. The first-order valence-electron chi connectivity index (χ1n) is 23.8. The zero-order valence-corrected chi connectivity index (χ0v) is 40.1. The van der Waals surface area contributed by atoms with Gasteiger partial charge in [-0.25, -0.2) is 14.0 Å². The molecule has 6 atom stereocenters. The van der Waals surface area contributed by atoms with E-state index in [1.165, 1.54) is 43.4 Å². The largest absolute Gasteiger partial charge is 0.497 e. The van der Waals surface area contributed by atoms with Crippen molar-refractivity contribution in [1.82, 2.24) is 4.90 Å². The van der Waals surface area contributed by atoms with Crippen molar-refractivity contribution in [2.45, 2.75) is 82.8 Å². The molecule has 2 aliphatic carbocycles. The Morgan fingerprint density at radius 3 is 2.35 bits per heavy atom. The number of non-ortho nitro benzene ring substituents is 1. The van der Waals surface area contributed by atoms with Crippen LogP contribution >= 0.6 is 0 Å². The fourth-order valence-corrected chi connectivity index (χ4v) is 10.0. The number of nitro groups is 1. The number of hydrogen-bond acceptors (Lipinski definition) is 14. The summed E-state index contributed by atoms with van der Waals surface area (Å²) in [4.78, 5) is 46.7. The molecule has 0 radical (unpaired) electrons. The Bertz CT molecular complexity index is 2560. The summed E-state index contributed by atoms with van der Waals surface area (Å²) >= 11 is 0. The maximum atomic E-state index is 14.5. The predicted octanol–water partition coefficient (Wildman–Crippen LogP) is 9.85. The lowest BCUT2D eigenvalue weighted by molar-refractivity contribution is -0.384. The maximum absolute atomic E-state index is 14.5. The van der Waals surface area contributed by atoms with Crippen LogP contribution in [0.25, 0.3) is 0 Å². The van der Waals surface area contributed by atoms with Crippen molar-refractivity contribution in [2.24, 2.45) is 22.9 Å². The Morgan fingerprint density at radius 1 is 0.958 bits per heavy atom. The molecule has 3 aliphatic rings. The number of anilines is 1. The van der Waals surface area contributed by atoms with Crippen molar-refractivity contribution in [2.75, 3.05) is 46.0 Å². The molecule has 18 heteroatoms. The molecular weight excluding hydrogens is 920 g/mol. The third-order valence-corrected chi connectivity index (χ3v) is 13.2. The van der Waals surface area contributed by atoms with Gasteiger partial charge in [0.2, 0.25) is 5.79 Å². The average Bonchev–Trinajstić information content (AvgIpc) is 3.37. The fraction of sp³-hybridized carbons (Fsp3) is 0.415. The van der Waals surface area contributed by atoms with E-state index in [1.54, 1.807) is 73.7 Å². The van der Waals surface area contributed by atoms with Crippen LogP contribution in [-0.4, -0.2) is 90.4 Å². The molecule has 4 aromatic rings. The SMILES string of the molecule is C=CCO[C@@]12Oc3ccc(OC(=O)Nc4ccc(OC)cc4OC)cc3[C@H]3[C@H](CCCCO)[C@@H](CCCCO)C=C(C(=NOCc4ccc([N+](=O)[O-])cc4)C[C@@H]1N(Cc1ccc(F)cc1)C(=O)OCC)[C@H]32. The van der Waals surface area contributed by atoms with Gasteiger partial charge in [-0.2, -0.15) is 0 Å². The first kappa shape index (κ1) is 51.8. The third kappa shape index (κ3) is 12.0. The normalized spacial score (nSPS) is 21.4. The van der Waals surface area contributed by atoms with E-state index in [1.807, 2.05) is 0 Å². The number of nitro benzene ring substituents is 1. The number of aliphatic hydroxyl groups excluding tert-OH is 2. The smallest absolute Gasteiger partial charge is 0.417 e. The second-order valence-electron chi connectivity index (χ2n) is 17.5. The second-order valence-corrected chi connectivity index (χ2v) is 17.5. The zero-order valence-electron chi connectivity index (χ0n) is 40.1. The number of benzene rings is 4. The van der Waals surface area contributed by atoms with Crippen molar-refractivity contribution in [3.63, 3.8) is 0 Å². The third-order valence-electron chi connectivity index (χ3n) is 13.2. The number of rotatable bonds is 23. The minimum atomic E-state index is -1.67. The number of nitrogens with zero attached hydrogens (tertiary/aromatic N) is 3. The summed E-state index contributed by atoms with van der Waals surface area (Å²) in [5.41, 5.74) is 3.41. The Balaban J connectivity index is 1.41. The van der Waals surface area contributed by atoms with Gasteiger partial charge in [0.15, 0.2) is 0 Å². The Hall–Kier alpha value is -7.02. The number of carbonyl (C=O) groups is 2. The van der Waals surface area contributed by atoms with Gasteiger partial charge in [0.25, 0.3) is 5.69 Å². The van der Waals surface area contributed by atoms with Crippen LogP contribution in [0.3, 0.4) is 0 Å². The van der Waals surface area contributed by atoms with Gasteiger partial charge in [-0.15, -0.1) is 6.58 Å². The number of carbonyl (C=O) groups excluding carboxylic acids is 2. The summed E-state index contributed by atoms with van der Waals surface area (Å²) in [6, 6.07) is 20.8. The highest BCUT2D eigenvalue weighted by molar-refractivity contribution is 6.03. The summed E-state index contributed by atoms with van der Waals surface area (Å²) in [5, 5.41) is 39.0. The van der Waals surface area contributed by atoms with Crippen molar-refractivity contribution in [3.05, 3.63) is 142 Å². The number of hydrogen-bond donors (Lipinski definition) is 3. The molecule has 378 valence electrons. The predicted molar refractivity (Wildman–Crippen MR) is 261 cm³/mol. The van der Waals surface area contributed by atoms with E-state index < -0.39 is 46.6 Å². The molecule has 71 heavy (non-hydrogen) atoms. The van der Waals surface area contributed by atoms with E-state index in [2.05, 4.69) is 18.0 Å². The average molecular weight is 981 g/mol. The lowest BCUT2D eigenvalue weighted by Gasteiger charge is -2.59. The molecule has 17 nitrogen and oxygen atoms in total. The number of halogens is 1. The Kier molecular flexibility index (Phi) is 17.7. The van der Waals surface area contributed by atoms with Gasteiger partial charge in [0.1, 0.15) is 41.5 Å². The highest BCUT2D eigenvalue weighted by atomic mass is 19.1. The molecule has 1 heterocycles. The fourth-order valence-electron chi connectivity index (χ4n) is 10.0. The first-order chi connectivity index (χ1) is 34.5. The number of amides is 2. The molecule has 4 aromatic carbocycles. The van der Waals surface area contributed by atoms with Gasteiger partial charge in [0, 0.05) is 55.9 Å². The number of methoxy groups -OCH3 is 2. The molecule has 2 amide bonds. The highest BCUT2D eigenvalue weighted by Gasteiger charge is 2.65. The van der Waals surface area contributed by atoms with E-state index >= 15 is 0 Å². The van der Waals surface area contributed by atoms with Crippen LogP contribution in [0.15, 0.2) is 114 Å². The van der Waals surface area contributed by atoms with Gasteiger partial charge in [-0.05, 0) is 116 Å². The van der Waals surface area contributed by atoms with Crippen LogP contribution in [0.1, 0.15) is 74.5 Å². The highest BCUT2D eigenvalue weighted by Crippen LogP contribution is 2.62. The van der Waals surface area contributed by atoms with Gasteiger partial charge in [-0.3, -0.25) is 20.3 Å². The monoisotopic (exact) mass is 980 g/mol. The molecular formula is C53H61FN4O13. The van der Waals surface area contributed by atoms with Gasteiger partial charge in [0.05, 0.1) is 49.7 Å². The maximum Gasteiger partial charge on any atom is 0.417 e. The van der Waals surface area contributed by atoms with E-state index in [4.69, 9.17) is 38.4 Å². The number of ether oxygens (including phenoxy) is 6. The Labute approximate surface area is 411 Å². The van der Waals surface area contributed by atoms with Crippen molar-refractivity contribution in [1.29, 1.82) is 0 Å². The number of aliphatic hydroxyl groups is 2. The molecule has 0 spiro atoms. The summed E-state index contributed by atoms with van der Waals surface area (Å²) in [6.07, 6.45) is 6.09. The molecule has 0 aromatic heterocycles. The number of oxime groups is 1. The lowest BCUT2D eigenvalue weighted by Crippen LogP contribution is -2.70. The first-order valence-corrected chi connectivity index (χ1v) is 23.8. The molecule has 0 bridgehead atoms. The van der Waals surface area contributed by atoms with Crippen LogP contribution < -0.4 is 24.3 Å². The summed E-state index contributed by atoms with van der Waals surface area (Å²) < 4.78 is 51.2. The van der Waals surface area contributed by atoms with E-state index in [0.717, 1.165) is 5.57 Å². The molecule has 1 aliphatic heterocycles. The second kappa shape index (κ2) is 24.2. The minimum absolute atomic E-state index is 0.00743. The molecule has 0 saturated heterocycles. The summed E-state index contributed by atoms with van der Waals surface area (Å²) in [6.45, 7) is 5.61. The Morgan fingerprint density at radius 2 is 1.68 bits per heavy atom. The summed E-state index contributed by atoms with van der Waals surface area (Å²) in [7, 11) is 3.00. The molecule has 3 N–H and O–H groups in total. The minimum Gasteiger partial charge on any atom is -0.497 e. The van der Waals surface area contributed by atoms with Crippen LogP contribution in [0.2, 0.25) is 0 Å². The van der Waals surface area contributed by atoms with E-state index in [-0.39, 0.29) is 69.3 Å². The molecule has 0 unspecified atom stereocenters. The van der Waals surface area contributed by atoms with Crippen LogP contribution in [0.4, 0.5) is 25.4 Å². The van der Waals surface area contributed by atoms with Gasteiger partial charge in [-0.1, -0.05) is 42.3 Å².